The number of carboxylic acids is 1. The van der Waals surface area contributed by atoms with E-state index >= 15 is 0 Å². The van der Waals surface area contributed by atoms with Crippen LogP contribution in [0.25, 0.3) is 0 Å². The van der Waals surface area contributed by atoms with Crippen LogP contribution in [0.4, 0.5) is 0 Å². The lowest BCUT2D eigenvalue weighted by Gasteiger charge is -1.93. The number of halogens is 1. The summed E-state index contributed by atoms with van der Waals surface area (Å²) in [4.78, 5) is 23.3. The molecule has 1 rings (SSSR count). The highest BCUT2D eigenvalue weighted by molar-refractivity contribution is 6.33. The van der Waals surface area contributed by atoms with E-state index in [1.54, 1.807) is 0 Å². The molecule has 58 valence electrons. The maximum atomic E-state index is 10.7. The highest BCUT2D eigenvalue weighted by Gasteiger charge is 2.09. The molecule has 0 aliphatic heterocycles. The molecule has 0 fully saturated rings. The Kier molecular flexibility index (Phi) is 1.96. The van der Waals surface area contributed by atoms with Crippen LogP contribution in [-0.2, 0) is 0 Å². The van der Waals surface area contributed by atoms with Crippen molar-refractivity contribution in [1.82, 2.24) is 4.98 Å². The monoisotopic (exact) mass is 173 g/mol. The molecule has 0 unspecified atom stereocenters. The van der Waals surface area contributed by atoms with Crippen LogP contribution in [0.3, 0.4) is 0 Å². The van der Waals surface area contributed by atoms with E-state index in [1.807, 2.05) is 0 Å². The van der Waals surface area contributed by atoms with Gasteiger partial charge in [0.2, 0.25) is 0 Å². The number of carbonyl (C=O) groups is 1. The molecule has 0 amide bonds. The molecule has 1 aromatic rings. The van der Waals surface area contributed by atoms with Gasteiger partial charge in [0.25, 0.3) is 5.56 Å². The van der Waals surface area contributed by atoms with Gasteiger partial charge < -0.3 is 10.1 Å². The Hall–Kier alpha value is -1.29. The minimum Gasteiger partial charge on any atom is -0.478 e. The molecule has 0 saturated carbocycles. The van der Waals surface area contributed by atoms with Gasteiger partial charge in [-0.3, -0.25) is 4.79 Å². The third-order valence-electron chi connectivity index (χ3n) is 1.13. The van der Waals surface area contributed by atoms with Crippen LogP contribution in [-0.4, -0.2) is 16.1 Å². The van der Waals surface area contributed by atoms with Crippen molar-refractivity contribution in [2.24, 2.45) is 0 Å². The minimum atomic E-state index is -1.21. The lowest BCUT2D eigenvalue weighted by Crippen LogP contribution is -2.10. The molecule has 1 heterocycles. The number of aromatic nitrogens is 1. The molecule has 0 bridgehead atoms. The number of hydrogen-bond donors (Lipinski definition) is 2. The first-order valence-electron chi connectivity index (χ1n) is 2.73. The lowest BCUT2D eigenvalue weighted by molar-refractivity contribution is 0.0697. The van der Waals surface area contributed by atoms with E-state index < -0.39 is 11.5 Å². The van der Waals surface area contributed by atoms with E-state index in [2.05, 4.69) is 4.98 Å². The summed E-state index contributed by atoms with van der Waals surface area (Å²) >= 11 is 5.36. The fraction of sp³-hybridized carbons (Fsp3) is 0. The lowest BCUT2D eigenvalue weighted by atomic mass is 10.3. The molecule has 0 atom stereocenters. The molecule has 4 nitrogen and oxygen atoms in total. The molecule has 2 N–H and O–H groups in total. The van der Waals surface area contributed by atoms with Crippen molar-refractivity contribution in [3.05, 3.63) is 33.2 Å². The third-order valence-corrected chi connectivity index (χ3v) is 1.51. The SMILES string of the molecule is O=C(O)c1cc[nH]c(=O)c1Cl. The summed E-state index contributed by atoms with van der Waals surface area (Å²) in [6.07, 6.45) is 1.23. The van der Waals surface area contributed by atoms with Gasteiger partial charge in [-0.25, -0.2) is 4.79 Å². The van der Waals surface area contributed by atoms with Crippen molar-refractivity contribution < 1.29 is 9.90 Å². The van der Waals surface area contributed by atoms with Crippen LogP contribution in [0.15, 0.2) is 17.1 Å². The second-order valence-corrected chi connectivity index (χ2v) is 2.22. The summed E-state index contributed by atoms with van der Waals surface area (Å²) in [7, 11) is 0. The van der Waals surface area contributed by atoms with E-state index in [0.29, 0.717) is 0 Å². The van der Waals surface area contributed by atoms with Gasteiger partial charge in [-0.1, -0.05) is 11.6 Å². The first-order valence-corrected chi connectivity index (χ1v) is 3.11. The zero-order valence-corrected chi connectivity index (χ0v) is 6.05. The molecule has 0 aromatic carbocycles. The van der Waals surface area contributed by atoms with Gasteiger partial charge in [-0.15, -0.1) is 0 Å². The summed E-state index contributed by atoms with van der Waals surface area (Å²) in [6.45, 7) is 0. The number of hydrogen-bond acceptors (Lipinski definition) is 2. The number of nitrogens with one attached hydrogen (secondary N) is 1. The number of H-pyrrole nitrogens is 1. The van der Waals surface area contributed by atoms with Crippen LogP contribution in [0.1, 0.15) is 10.4 Å². The predicted octanol–water partition coefficient (Wildman–Crippen LogP) is 0.726. The summed E-state index contributed by atoms with van der Waals surface area (Å²) in [5.41, 5.74) is -0.776. The molecular weight excluding hydrogens is 170 g/mol. The molecule has 0 aliphatic carbocycles. The number of aromatic carboxylic acids is 1. The number of rotatable bonds is 1. The highest BCUT2D eigenvalue weighted by atomic mass is 35.5. The maximum Gasteiger partial charge on any atom is 0.337 e. The van der Waals surface area contributed by atoms with Crippen molar-refractivity contribution in [1.29, 1.82) is 0 Å². The maximum absolute atomic E-state index is 10.7. The molecule has 1 aromatic heterocycles. The predicted molar refractivity (Wildman–Crippen MR) is 39.0 cm³/mol. The Morgan fingerprint density at radius 1 is 1.64 bits per heavy atom. The quantitative estimate of drug-likeness (QED) is 0.658. The second-order valence-electron chi connectivity index (χ2n) is 1.84. The minimum absolute atomic E-state index is 0.185. The van der Waals surface area contributed by atoms with Gasteiger partial charge in [0.05, 0.1) is 5.56 Å². The first-order chi connectivity index (χ1) is 5.13. The van der Waals surface area contributed by atoms with E-state index in [0.717, 1.165) is 0 Å². The van der Waals surface area contributed by atoms with Crippen molar-refractivity contribution in [2.45, 2.75) is 0 Å². The average Bonchev–Trinajstić information content (AvgIpc) is 1.94. The number of carboxylic acid groups (broad SMARTS) is 1. The normalized spacial score (nSPS) is 9.55. The van der Waals surface area contributed by atoms with Gasteiger partial charge in [-0.2, -0.15) is 0 Å². The summed E-state index contributed by atoms with van der Waals surface area (Å²) in [6, 6.07) is 1.23. The number of pyridine rings is 1. The molecular formula is C6H4ClNO3. The van der Waals surface area contributed by atoms with Gasteiger partial charge in [0.1, 0.15) is 5.02 Å². The zero-order valence-electron chi connectivity index (χ0n) is 5.30. The number of aromatic amines is 1. The Balaban J connectivity index is 3.39. The van der Waals surface area contributed by atoms with Gasteiger partial charge in [-0.05, 0) is 6.07 Å². The van der Waals surface area contributed by atoms with Gasteiger partial charge >= 0.3 is 5.97 Å². The molecule has 11 heavy (non-hydrogen) atoms. The van der Waals surface area contributed by atoms with Crippen LogP contribution in [0, 0.1) is 0 Å². The summed E-state index contributed by atoms with van der Waals surface area (Å²) in [5, 5.41) is 8.16. The fourth-order valence-corrected chi connectivity index (χ4v) is 0.823. The smallest absolute Gasteiger partial charge is 0.337 e. The Bertz CT molecular complexity index is 344. The van der Waals surface area contributed by atoms with E-state index in [4.69, 9.17) is 16.7 Å². The average molecular weight is 174 g/mol. The molecule has 5 heteroatoms. The molecule has 0 aliphatic rings. The summed E-state index contributed by atoms with van der Waals surface area (Å²) in [5.74, 6) is -1.21. The van der Waals surface area contributed by atoms with E-state index in [9.17, 15) is 9.59 Å². The van der Waals surface area contributed by atoms with Crippen LogP contribution < -0.4 is 5.56 Å². The topological polar surface area (TPSA) is 70.2 Å². The molecule has 0 spiro atoms. The van der Waals surface area contributed by atoms with Crippen LogP contribution in [0.5, 0.6) is 0 Å². The zero-order chi connectivity index (χ0) is 8.43. The highest BCUT2D eigenvalue weighted by Crippen LogP contribution is 2.07. The van der Waals surface area contributed by atoms with E-state index in [1.165, 1.54) is 12.3 Å². The van der Waals surface area contributed by atoms with Gasteiger partial charge in [0, 0.05) is 6.20 Å². The fourth-order valence-electron chi connectivity index (χ4n) is 0.625. The first kappa shape index (κ1) is 7.81. The van der Waals surface area contributed by atoms with Crippen LogP contribution in [0.2, 0.25) is 5.02 Å². The second kappa shape index (κ2) is 2.75. The van der Waals surface area contributed by atoms with E-state index in [-0.39, 0.29) is 10.6 Å². The van der Waals surface area contributed by atoms with Gasteiger partial charge in [0.15, 0.2) is 0 Å². The van der Waals surface area contributed by atoms with Crippen molar-refractivity contribution in [3.63, 3.8) is 0 Å². The van der Waals surface area contributed by atoms with Crippen molar-refractivity contribution in [2.75, 3.05) is 0 Å². The van der Waals surface area contributed by atoms with Crippen LogP contribution >= 0.6 is 11.6 Å². The molecule has 0 saturated heterocycles. The Morgan fingerprint density at radius 3 is 2.73 bits per heavy atom. The van der Waals surface area contributed by atoms with Crippen molar-refractivity contribution in [3.8, 4) is 0 Å². The Labute approximate surface area is 66.4 Å². The Morgan fingerprint density at radius 2 is 2.27 bits per heavy atom. The summed E-state index contributed by atoms with van der Waals surface area (Å²) < 4.78 is 0. The largest absolute Gasteiger partial charge is 0.478 e. The standard InChI is InChI=1S/C6H4ClNO3/c7-4-3(6(10)11)1-2-8-5(4)9/h1-2H,(H,8,9)(H,10,11). The van der Waals surface area contributed by atoms with Crippen molar-refractivity contribution >= 4 is 17.6 Å². The molecule has 0 radical (unpaired) electrons. The third kappa shape index (κ3) is 1.40.